The minimum atomic E-state index is -0.155. The molecule has 0 aromatic carbocycles. The number of alkyl halides is 1. The lowest BCUT2D eigenvalue weighted by Crippen LogP contribution is -2.30. The molecule has 0 spiro atoms. The monoisotopic (exact) mass is 341 g/mol. The number of hydrogen-bond donors (Lipinski definition) is 2. The maximum Gasteiger partial charge on any atom is 0.266 e. The van der Waals surface area contributed by atoms with E-state index in [1.807, 2.05) is 22.6 Å². The van der Waals surface area contributed by atoms with Gasteiger partial charge in [-0.3, -0.25) is 4.79 Å². The summed E-state index contributed by atoms with van der Waals surface area (Å²) in [6, 6.07) is 0.00878. The highest BCUT2D eigenvalue weighted by atomic mass is 127. The van der Waals surface area contributed by atoms with Gasteiger partial charge in [0.1, 0.15) is 9.39 Å². The van der Waals surface area contributed by atoms with Crippen molar-refractivity contribution in [2.24, 2.45) is 0 Å². The molecule has 5 nitrogen and oxygen atoms in total. The van der Waals surface area contributed by atoms with Crippen molar-refractivity contribution in [1.82, 2.24) is 9.97 Å². The lowest BCUT2D eigenvalue weighted by Gasteiger charge is -2.14. The fourth-order valence-electron chi connectivity index (χ4n) is 1.32. The first kappa shape index (κ1) is 11.2. The van der Waals surface area contributed by atoms with Crippen LogP contribution in [0.2, 0.25) is 0 Å². The zero-order valence-corrected chi connectivity index (χ0v) is 10.6. The minimum Gasteiger partial charge on any atom is -0.378 e. The van der Waals surface area contributed by atoms with Crippen LogP contribution in [0.3, 0.4) is 0 Å². The van der Waals surface area contributed by atoms with Gasteiger partial charge in [0.25, 0.3) is 5.56 Å². The predicted octanol–water partition coefficient (Wildman–Crippen LogP) is 0.793. The normalized spacial score (nSPS) is 25.5. The van der Waals surface area contributed by atoms with E-state index in [9.17, 15) is 4.79 Å². The van der Waals surface area contributed by atoms with Gasteiger partial charge in [-0.1, -0.05) is 0 Å². The number of aromatic nitrogens is 2. The van der Waals surface area contributed by atoms with Crippen LogP contribution in [0.15, 0.2) is 11.1 Å². The van der Waals surface area contributed by atoms with Crippen molar-refractivity contribution in [2.75, 3.05) is 18.5 Å². The number of anilines is 1. The fourth-order valence-corrected chi connectivity index (χ4v) is 2.00. The molecular formula is C8H9ClIN3O2. The Hall–Kier alpha value is -0.340. The van der Waals surface area contributed by atoms with Gasteiger partial charge in [-0.2, -0.15) is 0 Å². The second-order valence-corrected chi connectivity index (χ2v) is 4.84. The summed E-state index contributed by atoms with van der Waals surface area (Å²) in [6.45, 7) is 1.07. The molecule has 15 heavy (non-hydrogen) atoms. The van der Waals surface area contributed by atoms with Gasteiger partial charge >= 0.3 is 0 Å². The van der Waals surface area contributed by atoms with Crippen molar-refractivity contribution in [1.29, 1.82) is 0 Å². The van der Waals surface area contributed by atoms with Gasteiger partial charge in [0, 0.05) is 0 Å². The van der Waals surface area contributed by atoms with Crippen LogP contribution in [0.25, 0.3) is 0 Å². The summed E-state index contributed by atoms with van der Waals surface area (Å²) in [6.07, 6.45) is 1.37. The number of nitrogens with zero attached hydrogens (tertiary/aromatic N) is 1. The SMILES string of the molecule is O=c1[nH]cnc(NC2COCC2Cl)c1I. The third kappa shape index (κ3) is 2.43. The summed E-state index contributed by atoms with van der Waals surface area (Å²) in [5.74, 6) is 0.556. The lowest BCUT2D eigenvalue weighted by molar-refractivity contribution is 0.196. The summed E-state index contributed by atoms with van der Waals surface area (Å²) in [5.41, 5.74) is -0.155. The molecule has 7 heteroatoms. The number of hydrogen-bond acceptors (Lipinski definition) is 4. The van der Waals surface area contributed by atoms with Gasteiger partial charge < -0.3 is 15.0 Å². The first-order valence-electron chi connectivity index (χ1n) is 4.40. The molecule has 0 saturated carbocycles. The van der Waals surface area contributed by atoms with Gasteiger partial charge in [-0.05, 0) is 22.6 Å². The zero-order valence-electron chi connectivity index (χ0n) is 7.67. The van der Waals surface area contributed by atoms with E-state index >= 15 is 0 Å². The second kappa shape index (κ2) is 4.67. The molecule has 1 aromatic rings. The first-order chi connectivity index (χ1) is 7.18. The van der Waals surface area contributed by atoms with E-state index in [1.165, 1.54) is 6.33 Å². The Morgan fingerprint density at radius 1 is 1.67 bits per heavy atom. The average molecular weight is 342 g/mol. The van der Waals surface area contributed by atoms with E-state index in [4.69, 9.17) is 16.3 Å². The third-order valence-electron chi connectivity index (χ3n) is 2.13. The van der Waals surface area contributed by atoms with Crippen LogP contribution >= 0.6 is 34.2 Å². The van der Waals surface area contributed by atoms with E-state index in [-0.39, 0.29) is 17.0 Å². The van der Waals surface area contributed by atoms with E-state index in [1.54, 1.807) is 0 Å². The molecule has 0 bridgehead atoms. The molecule has 0 aliphatic carbocycles. The van der Waals surface area contributed by atoms with E-state index in [2.05, 4.69) is 15.3 Å². The summed E-state index contributed by atoms with van der Waals surface area (Å²) < 4.78 is 5.73. The number of H-pyrrole nitrogens is 1. The summed E-state index contributed by atoms with van der Waals surface area (Å²) in [5, 5.41) is 3.02. The van der Waals surface area contributed by atoms with Crippen molar-refractivity contribution in [3.05, 3.63) is 20.3 Å². The highest BCUT2D eigenvalue weighted by molar-refractivity contribution is 14.1. The van der Waals surface area contributed by atoms with E-state index < -0.39 is 0 Å². The molecule has 1 aliphatic rings. The van der Waals surface area contributed by atoms with Gasteiger partial charge in [0.2, 0.25) is 0 Å². The molecule has 2 atom stereocenters. The van der Waals surface area contributed by atoms with Crippen LogP contribution in [0, 0.1) is 3.57 Å². The van der Waals surface area contributed by atoms with Crippen LogP contribution in [0.1, 0.15) is 0 Å². The van der Waals surface area contributed by atoms with Crippen molar-refractivity contribution in [3.8, 4) is 0 Å². The Morgan fingerprint density at radius 2 is 2.47 bits per heavy atom. The molecule has 2 unspecified atom stereocenters. The Balaban J connectivity index is 2.17. The molecule has 2 N–H and O–H groups in total. The molecular weight excluding hydrogens is 332 g/mol. The number of nitrogens with one attached hydrogen (secondary N) is 2. The summed E-state index contributed by atoms with van der Waals surface area (Å²) >= 11 is 7.96. The average Bonchev–Trinajstić information content (AvgIpc) is 2.60. The maximum atomic E-state index is 11.3. The van der Waals surface area contributed by atoms with Crippen LogP contribution < -0.4 is 10.9 Å². The van der Waals surface area contributed by atoms with E-state index in [0.29, 0.717) is 22.6 Å². The van der Waals surface area contributed by atoms with Gasteiger partial charge in [0.15, 0.2) is 0 Å². The number of halogens is 2. The van der Waals surface area contributed by atoms with Crippen LogP contribution in [0.5, 0.6) is 0 Å². The van der Waals surface area contributed by atoms with E-state index in [0.717, 1.165) is 0 Å². The van der Waals surface area contributed by atoms with Crippen molar-refractivity contribution < 1.29 is 4.74 Å². The maximum absolute atomic E-state index is 11.3. The van der Waals surface area contributed by atoms with Crippen LogP contribution in [-0.2, 0) is 4.74 Å². The largest absolute Gasteiger partial charge is 0.378 e. The minimum absolute atomic E-state index is 0.00878. The molecule has 1 aromatic heterocycles. The van der Waals surface area contributed by atoms with Crippen molar-refractivity contribution >= 4 is 40.0 Å². The highest BCUT2D eigenvalue weighted by Crippen LogP contribution is 2.18. The molecule has 2 rings (SSSR count). The Labute approximate surface area is 105 Å². The predicted molar refractivity (Wildman–Crippen MR) is 65.4 cm³/mol. The molecule has 0 radical (unpaired) electrons. The number of rotatable bonds is 2. The quantitative estimate of drug-likeness (QED) is 0.617. The van der Waals surface area contributed by atoms with Crippen LogP contribution in [-0.4, -0.2) is 34.6 Å². The van der Waals surface area contributed by atoms with Crippen LogP contribution in [0.4, 0.5) is 5.82 Å². The molecule has 2 heterocycles. The first-order valence-corrected chi connectivity index (χ1v) is 5.91. The fraction of sp³-hybridized carbons (Fsp3) is 0.500. The zero-order chi connectivity index (χ0) is 10.8. The molecule has 1 saturated heterocycles. The molecule has 1 aliphatic heterocycles. The molecule has 82 valence electrons. The van der Waals surface area contributed by atoms with Gasteiger partial charge in [-0.15, -0.1) is 11.6 Å². The topological polar surface area (TPSA) is 67.0 Å². The molecule has 1 fully saturated rings. The number of aromatic amines is 1. The second-order valence-electron chi connectivity index (χ2n) is 3.20. The third-order valence-corrected chi connectivity index (χ3v) is 3.56. The smallest absolute Gasteiger partial charge is 0.266 e. The Bertz CT molecular complexity index is 411. The number of ether oxygens (including phenoxy) is 1. The Kier molecular flexibility index (Phi) is 3.47. The lowest BCUT2D eigenvalue weighted by atomic mass is 10.2. The van der Waals surface area contributed by atoms with Crippen molar-refractivity contribution in [2.45, 2.75) is 11.4 Å². The highest BCUT2D eigenvalue weighted by Gasteiger charge is 2.27. The van der Waals surface area contributed by atoms with Gasteiger partial charge in [-0.25, -0.2) is 4.98 Å². The van der Waals surface area contributed by atoms with Crippen molar-refractivity contribution in [3.63, 3.8) is 0 Å². The summed E-state index contributed by atoms with van der Waals surface area (Å²) in [4.78, 5) is 17.8. The standard InChI is InChI=1S/C8H9ClIN3O2/c9-4-1-15-2-5(4)13-7-6(10)8(14)12-3-11-7/h3-5H,1-2H2,(H2,11,12,13,14). The molecule has 0 amide bonds. The summed E-state index contributed by atoms with van der Waals surface area (Å²) in [7, 11) is 0. The Morgan fingerprint density at radius 3 is 3.13 bits per heavy atom. The van der Waals surface area contributed by atoms with Gasteiger partial charge in [0.05, 0.1) is 31.0 Å².